The van der Waals surface area contributed by atoms with Crippen molar-refractivity contribution in [1.29, 1.82) is 0 Å². The van der Waals surface area contributed by atoms with Crippen molar-refractivity contribution >= 4 is 0 Å². The molecule has 0 bridgehead atoms. The third-order valence-corrected chi connectivity index (χ3v) is 4.36. The maximum atomic E-state index is 2.41. The van der Waals surface area contributed by atoms with E-state index in [0.717, 1.165) is 11.8 Å². The molecule has 0 heteroatoms. The fourth-order valence-corrected chi connectivity index (χ4v) is 3.02. The van der Waals surface area contributed by atoms with Gasteiger partial charge in [-0.2, -0.15) is 0 Å². The second-order valence-electron chi connectivity index (χ2n) is 6.67. The van der Waals surface area contributed by atoms with Gasteiger partial charge >= 0.3 is 0 Å². The van der Waals surface area contributed by atoms with Crippen LogP contribution in [-0.2, 0) is 12.8 Å². The van der Waals surface area contributed by atoms with Gasteiger partial charge in [0.25, 0.3) is 0 Å². The third-order valence-electron chi connectivity index (χ3n) is 4.36. The molecule has 0 saturated heterocycles. The smallest absolute Gasteiger partial charge is 0.0250 e. The molecule has 20 heavy (non-hydrogen) atoms. The lowest BCUT2D eigenvalue weighted by Crippen LogP contribution is -2.06. The molecule has 0 N–H and O–H groups in total. The average molecular weight is 274 g/mol. The Morgan fingerprint density at radius 1 is 0.750 bits per heavy atom. The van der Waals surface area contributed by atoms with Gasteiger partial charge < -0.3 is 0 Å². The van der Waals surface area contributed by atoms with E-state index in [4.69, 9.17) is 0 Å². The highest BCUT2D eigenvalue weighted by Gasteiger charge is 2.10. The molecule has 0 spiro atoms. The Kier molecular flexibility index (Phi) is 8.65. The molecule has 1 rings (SSSR count). The first-order valence-electron chi connectivity index (χ1n) is 8.74. The van der Waals surface area contributed by atoms with Crippen molar-refractivity contribution in [3.05, 3.63) is 35.4 Å². The first-order chi connectivity index (χ1) is 9.67. The minimum Gasteiger partial charge on any atom is -0.0654 e. The third kappa shape index (κ3) is 6.59. The Hall–Kier alpha value is -0.780. The number of benzene rings is 1. The standard InChI is InChI=1S/C20H34/c1-5-7-11-17(3)15-19-13-9-10-14-20(19)16-18(4)12-8-6-2/h9-10,13-14,17-18H,5-8,11-12,15-16H2,1-4H3. The van der Waals surface area contributed by atoms with Gasteiger partial charge in [0.1, 0.15) is 0 Å². The topological polar surface area (TPSA) is 0 Å². The highest BCUT2D eigenvalue weighted by molar-refractivity contribution is 5.28. The summed E-state index contributed by atoms with van der Waals surface area (Å²) in [6.45, 7) is 9.39. The van der Waals surface area contributed by atoms with Gasteiger partial charge in [0.15, 0.2) is 0 Å². The summed E-state index contributed by atoms with van der Waals surface area (Å²) >= 11 is 0. The highest BCUT2D eigenvalue weighted by Crippen LogP contribution is 2.22. The molecular weight excluding hydrogens is 240 g/mol. The van der Waals surface area contributed by atoms with Crippen molar-refractivity contribution in [1.82, 2.24) is 0 Å². The molecule has 1 aromatic carbocycles. The highest BCUT2D eigenvalue weighted by atomic mass is 14.2. The van der Waals surface area contributed by atoms with Crippen molar-refractivity contribution in [3.63, 3.8) is 0 Å². The molecule has 2 unspecified atom stereocenters. The number of rotatable bonds is 10. The first kappa shape index (κ1) is 17.3. The molecule has 0 aliphatic heterocycles. The second kappa shape index (κ2) is 10.0. The fraction of sp³-hybridized carbons (Fsp3) is 0.700. The predicted octanol–water partition coefficient (Wildman–Crippen LogP) is 6.42. The van der Waals surface area contributed by atoms with Gasteiger partial charge in [-0.25, -0.2) is 0 Å². The summed E-state index contributed by atoms with van der Waals surface area (Å²) in [6.07, 6.45) is 10.6. The normalized spacial score (nSPS) is 14.2. The van der Waals surface area contributed by atoms with Gasteiger partial charge in [-0.05, 0) is 35.8 Å². The summed E-state index contributed by atoms with van der Waals surface area (Å²) in [5.74, 6) is 1.64. The summed E-state index contributed by atoms with van der Waals surface area (Å²) in [5, 5.41) is 0. The zero-order valence-electron chi connectivity index (χ0n) is 14.1. The van der Waals surface area contributed by atoms with Crippen LogP contribution in [-0.4, -0.2) is 0 Å². The summed E-state index contributed by atoms with van der Waals surface area (Å²) in [6, 6.07) is 9.12. The van der Waals surface area contributed by atoms with E-state index in [9.17, 15) is 0 Å². The molecule has 114 valence electrons. The molecule has 0 amide bonds. The first-order valence-corrected chi connectivity index (χ1v) is 8.74. The van der Waals surface area contributed by atoms with Crippen molar-refractivity contribution < 1.29 is 0 Å². The van der Waals surface area contributed by atoms with Crippen LogP contribution >= 0.6 is 0 Å². The Bertz CT molecular complexity index is 318. The summed E-state index contributed by atoms with van der Waals surface area (Å²) in [4.78, 5) is 0. The zero-order valence-corrected chi connectivity index (χ0v) is 14.1. The van der Waals surface area contributed by atoms with Crippen LogP contribution in [0.4, 0.5) is 0 Å². The Labute approximate surface area is 127 Å². The molecule has 0 aliphatic rings. The molecule has 0 radical (unpaired) electrons. The van der Waals surface area contributed by atoms with Crippen molar-refractivity contribution in [3.8, 4) is 0 Å². The fourth-order valence-electron chi connectivity index (χ4n) is 3.02. The van der Waals surface area contributed by atoms with Crippen LogP contribution in [0.15, 0.2) is 24.3 Å². The SMILES string of the molecule is CCCCC(C)Cc1ccccc1CC(C)CCCC. The zero-order chi connectivity index (χ0) is 14.8. The van der Waals surface area contributed by atoms with E-state index in [1.165, 1.54) is 51.4 Å². The van der Waals surface area contributed by atoms with Crippen molar-refractivity contribution in [2.75, 3.05) is 0 Å². The number of hydrogen-bond acceptors (Lipinski definition) is 0. The largest absolute Gasteiger partial charge is 0.0654 e. The Morgan fingerprint density at radius 2 is 1.15 bits per heavy atom. The van der Waals surface area contributed by atoms with Crippen LogP contribution in [0.5, 0.6) is 0 Å². The maximum Gasteiger partial charge on any atom is -0.0250 e. The summed E-state index contributed by atoms with van der Waals surface area (Å²) < 4.78 is 0. The molecule has 2 atom stereocenters. The minimum absolute atomic E-state index is 0.821. The van der Waals surface area contributed by atoms with E-state index in [-0.39, 0.29) is 0 Å². The van der Waals surface area contributed by atoms with Crippen molar-refractivity contribution in [2.45, 2.75) is 79.1 Å². The summed E-state index contributed by atoms with van der Waals surface area (Å²) in [7, 11) is 0. The van der Waals surface area contributed by atoms with E-state index >= 15 is 0 Å². The van der Waals surface area contributed by atoms with Crippen LogP contribution < -0.4 is 0 Å². The van der Waals surface area contributed by atoms with Crippen LogP contribution in [0.3, 0.4) is 0 Å². The lowest BCUT2D eigenvalue weighted by molar-refractivity contribution is 0.487. The van der Waals surface area contributed by atoms with Crippen LogP contribution in [0, 0.1) is 11.8 Å². The lowest BCUT2D eigenvalue weighted by Gasteiger charge is -2.17. The van der Waals surface area contributed by atoms with Gasteiger partial charge in [-0.15, -0.1) is 0 Å². The van der Waals surface area contributed by atoms with Crippen LogP contribution in [0.25, 0.3) is 0 Å². The van der Waals surface area contributed by atoms with E-state index in [1.54, 1.807) is 11.1 Å². The summed E-state index contributed by atoms with van der Waals surface area (Å²) in [5.41, 5.74) is 3.19. The average Bonchev–Trinajstić information content (AvgIpc) is 2.45. The minimum atomic E-state index is 0.821. The number of hydrogen-bond donors (Lipinski definition) is 0. The van der Waals surface area contributed by atoms with Crippen LogP contribution in [0.2, 0.25) is 0 Å². The van der Waals surface area contributed by atoms with Gasteiger partial charge in [-0.1, -0.05) is 90.5 Å². The molecule has 0 fully saturated rings. The van der Waals surface area contributed by atoms with E-state index in [1.807, 2.05) is 0 Å². The maximum absolute atomic E-state index is 2.41. The second-order valence-corrected chi connectivity index (χ2v) is 6.67. The molecule has 1 aromatic rings. The molecule has 0 nitrogen and oxygen atoms in total. The van der Waals surface area contributed by atoms with Gasteiger partial charge in [-0.3, -0.25) is 0 Å². The predicted molar refractivity (Wildman–Crippen MR) is 91.2 cm³/mol. The van der Waals surface area contributed by atoms with Gasteiger partial charge in [0.2, 0.25) is 0 Å². The lowest BCUT2D eigenvalue weighted by atomic mass is 9.88. The van der Waals surface area contributed by atoms with Crippen molar-refractivity contribution in [2.24, 2.45) is 11.8 Å². The number of unbranched alkanes of at least 4 members (excludes halogenated alkanes) is 2. The van der Waals surface area contributed by atoms with Gasteiger partial charge in [0, 0.05) is 0 Å². The molecular formula is C20H34. The molecule has 0 saturated carbocycles. The van der Waals surface area contributed by atoms with E-state index in [0.29, 0.717) is 0 Å². The Morgan fingerprint density at radius 3 is 1.50 bits per heavy atom. The van der Waals surface area contributed by atoms with E-state index < -0.39 is 0 Å². The molecule has 0 aliphatic carbocycles. The quantitative estimate of drug-likeness (QED) is 0.461. The monoisotopic (exact) mass is 274 g/mol. The Balaban J connectivity index is 2.58. The molecule has 0 aromatic heterocycles. The van der Waals surface area contributed by atoms with Crippen LogP contribution in [0.1, 0.15) is 77.3 Å². The van der Waals surface area contributed by atoms with Gasteiger partial charge in [0.05, 0.1) is 0 Å². The molecule has 0 heterocycles. The van der Waals surface area contributed by atoms with E-state index in [2.05, 4.69) is 52.0 Å².